The Morgan fingerprint density at radius 1 is 1.05 bits per heavy atom. The minimum atomic E-state index is -0.933. The number of esters is 1. The van der Waals surface area contributed by atoms with Crippen LogP contribution in [0.25, 0.3) is 0 Å². The van der Waals surface area contributed by atoms with Gasteiger partial charge in [-0.15, -0.1) is 0 Å². The molecule has 0 saturated carbocycles. The van der Waals surface area contributed by atoms with Crippen molar-refractivity contribution >= 4 is 23.1 Å². The van der Waals surface area contributed by atoms with Crippen LogP contribution in [0.2, 0.25) is 0 Å². The fraction of sp³-hybridized carbons (Fsp3) is 0.371. The third-order valence-corrected chi connectivity index (χ3v) is 9.46. The van der Waals surface area contributed by atoms with Crippen LogP contribution in [0.3, 0.4) is 0 Å². The van der Waals surface area contributed by atoms with Crippen LogP contribution in [0, 0.1) is 17.8 Å². The van der Waals surface area contributed by atoms with Gasteiger partial charge in [0.1, 0.15) is 11.7 Å². The first-order valence-corrected chi connectivity index (χ1v) is 14.8. The standard InChI is InChI=1S/C35H38N4O3/c1-9-12-22-18(6)25-13-23-16(4)20(10-2)27(36-23)14-24-17(5)21(11-3)28(37-24)15-26-19(7)29-33(39-26)30(32(22)38-25)31(34(29)40)35(41)42-8/h10,13-15,18,22,31,38,40H,2,9,11-12H2,1,3-8H3/t18-,22-,31+/m0/s1. The lowest BCUT2D eigenvalue weighted by molar-refractivity contribution is -0.143. The second-order valence-corrected chi connectivity index (χ2v) is 11.7. The number of ether oxygens (including phenoxy) is 1. The molecule has 8 bridgehead atoms. The van der Waals surface area contributed by atoms with Gasteiger partial charge in [-0.2, -0.15) is 0 Å². The van der Waals surface area contributed by atoms with Crippen LogP contribution in [0.5, 0.6) is 0 Å². The van der Waals surface area contributed by atoms with E-state index in [1.165, 1.54) is 7.11 Å². The first kappa shape index (κ1) is 27.9. The second-order valence-electron chi connectivity index (χ2n) is 11.7. The molecule has 1 aliphatic carbocycles. The van der Waals surface area contributed by atoms with E-state index >= 15 is 0 Å². The van der Waals surface area contributed by atoms with E-state index in [-0.39, 0.29) is 17.6 Å². The predicted octanol–water partition coefficient (Wildman–Crippen LogP) is 7.04. The molecular weight excluding hydrogens is 524 g/mol. The molecule has 0 unspecified atom stereocenters. The number of hydrogen-bond acceptors (Lipinski definition) is 7. The zero-order chi connectivity index (χ0) is 30.0. The maximum atomic E-state index is 13.2. The van der Waals surface area contributed by atoms with E-state index in [1.54, 1.807) is 0 Å². The molecule has 1 saturated heterocycles. The maximum absolute atomic E-state index is 13.2. The van der Waals surface area contributed by atoms with Crippen LogP contribution in [0.4, 0.5) is 0 Å². The smallest absolute Gasteiger partial charge is 0.321 e. The highest BCUT2D eigenvalue weighted by molar-refractivity contribution is 6.24. The Hall–Kier alpha value is -4.26. The minimum Gasteiger partial charge on any atom is -0.510 e. The van der Waals surface area contributed by atoms with Gasteiger partial charge >= 0.3 is 5.97 Å². The van der Waals surface area contributed by atoms with Crippen LogP contribution in [-0.2, 0) is 9.53 Å². The van der Waals surface area contributed by atoms with E-state index in [2.05, 4.69) is 58.7 Å². The Kier molecular flexibility index (Phi) is 6.79. The number of allylic oxidation sites excluding steroid dienone is 11. The zero-order valence-corrected chi connectivity index (χ0v) is 25.5. The van der Waals surface area contributed by atoms with Gasteiger partial charge in [-0.3, -0.25) is 4.79 Å². The third kappa shape index (κ3) is 3.93. The lowest BCUT2D eigenvalue weighted by Gasteiger charge is -2.20. The van der Waals surface area contributed by atoms with Crippen molar-refractivity contribution in [2.75, 3.05) is 7.11 Å². The monoisotopic (exact) mass is 562 g/mol. The third-order valence-electron chi connectivity index (χ3n) is 9.46. The van der Waals surface area contributed by atoms with Crippen molar-refractivity contribution in [1.29, 1.82) is 0 Å². The minimum absolute atomic E-state index is 0.00237. The molecule has 2 N–H and O–H groups in total. The molecule has 5 heterocycles. The Bertz CT molecular complexity index is 1710. The number of rotatable bonds is 5. The van der Waals surface area contributed by atoms with Crippen LogP contribution >= 0.6 is 0 Å². The molecule has 6 aliphatic rings. The topological polar surface area (TPSA) is 95.6 Å². The van der Waals surface area contributed by atoms with Crippen molar-refractivity contribution in [3.05, 3.63) is 104 Å². The van der Waals surface area contributed by atoms with E-state index in [0.717, 1.165) is 87.0 Å². The van der Waals surface area contributed by atoms with Crippen LogP contribution < -0.4 is 5.32 Å². The quantitative estimate of drug-likeness (QED) is 0.351. The van der Waals surface area contributed by atoms with Gasteiger partial charge in [0.25, 0.3) is 0 Å². The highest BCUT2D eigenvalue weighted by Crippen LogP contribution is 2.49. The Labute approximate surface area is 247 Å². The number of aliphatic imine (C=N–C) groups is 3. The number of nitrogens with one attached hydrogen (secondary N) is 1. The van der Waals surface area contributed by atoms with Gasteiger partial charge in [0.05, 0.1) is 41.3 Å². The zero-order valence-electron chi connectivity index (χ0n) is 25.5. The summed E-state index contributed by atoms with van der Waals surface area (Å²) in [6.45, 7) is 16.7. The van der Waals surface area contributed by atoms with Gasteiger partial charge < -0.3 is 15.2 Å². The summed E-state index contributed by atoms with van der Waals surface area (Å²) in [4.78, 5) is 28.4. The summed E-state index contributed by atoms with van der Waals surface area (Å²) < 4.78 is 5.22. The van der Waals surface area contributed by atoms with Crippen molar-refractivity contribution in [2.45, 2.75) is 60.8 Å². The van der Waals surface area contributed by atoms with Gasteiger partial charge in [0.2, 0.25) is 0 Å². The SMILES string of the molecule is C=CC1=C(C)C2=NC1=CC1=NC(=CC3=C(C)C4=C(O)[C@H](C(=O)OC)C(=C5NC(=C2)[C@@H](C)[C@@H]5CCC)C4=N3)C(CC)=C1C. The largest absolute Gasteiger partial charge is 0.510 e. The fourth-order valence-corrected chi connectivity index (χ4v) is 7.08. The summed E-state index contributed by atoms with van der Waals surface area (Å²) in [6.07, 6.45) is 10.8. The second kappa shape index (κ2) is 10.2. The molecule has 0 spiro atoms. The highest BCUT2D eigenvalue weighted by atomic mass is 16.5. The molecule has 0 amide bonds. The number of aliphatic hydroxyl groups is 1. The summed E-state index contributed by atoms with van der Waals surface area (Å²) in [6, 6.07) is 0. The number of aliphatic hydroxyl groups excluding tert-OH is 1. The van der Waals surface area contributed by atoms with Crippen LogP contribution in [0.15, 0.2) is 119 Å². The molecule has 42 heavy (non-hydrogen) atoms. The summed E-state index contributed by atoms with van der Waals surface area (Å²) >= 11 is 0. The molecule has 6 rings (SSSR count). The average Bonchev–Trinajstić information content (AvgIpc) is 3.70. The van der Waals surface area contributed by atoms with Gasteiger partial charge in [-0.25, -0.2) is 15.0 Å². The van der Waals surface area contributed by atoms with Crippen LogP contribution in [-0.4, -0.2) is 35.3 Å². The molecule has 3 atom stereocenters. The van der Waals surface area contributed by atoms with Gasteiger partial charge in [0.15, 0.2) is 0 Å². The molecule has 0 aromatic carbocycles. The lowest BCUT2D eigenvalue weighted by atomic mass is 9.84. The first-order chi connectivity index (χ1) is 20.1. The number of carbonyl (C=O) groups is 1. The average molecular weight is 563 g/mol. The summed E-state index contributed by atoms with van der Waals surface area (Å²) in [5, 5.41) is 15.3. The summed E-state index contributed by atoms with van der Waals surface area (Å²) in [7, 11) is 1.36. The van der Waals surface area contributed by atoms with E-state index in [9.17, 15) is 9.90 Å². The molecule has 216 valence electrons. The molecule has 7 heteroatoms. The van der Waals surface area contributed by atoms with Crippen LogP contribution in [0.1, 0.15) is 60.8 Å². The number of methoxy groups -OCH3 is 1. The number of nitrogens with zero attached hydrogens (tertiary/aromatic N) is 3. The number of carbonyl (C=O) groups excluding carboxylic acids is 1. The number of fused-ring (bicyclic) bond motifs is 5. The Balaban J connectivity index is 1.69. The summed E-state index contributed by atoms with van der Waals surface area (Å²) in [5.74, 6) is -1.19. The van der Waals surface area contributed by atoms with E-state index in [4.69, 9.17) is 19.7 Å². The highest BCUT2D eigenvalue weighted by Gasteiger charge is 2.48. The summed E-state index contributed by atoms with van der Waals surface area (Å²) in [5.41, 5.74) is 13.2. The molecule has 5 aliphatic heterocycles. The molecule has 0 aromatic rings. The first-order valence-electron chi connectivity index (χ1n) is 14.8. The van der Waals surface area contributed by atoms with Crippen molar-refractivity contribution in [3.8, 4) is 0 Å². The fourth-order valence-electron chi connectivity index (χ4n) is 7.08. The molecule has 0 radical (unpaired) electrons. The van der Waals surface area contributed by atoms with Gasteiger partial charge in [-0.05, 0) is 74.1 Å². The maximum Gasteiger partial charge on any atom is 0.321 e. The Morgan fingerprint density at radius 3 is 2.43 bits per heavy atom. The van der Waals surface area contributed by atoms with Crippen molar-refractivity contribution in [3.63, 3.8) is 0 Å². The molecule has 1 fully saturated rings. The van der Waals surface area contributed by atoms with Crippen molar-refractivity contribution in [1.82, 2.24) is 5.32 Å². The lowest BCUT2D eigenvalue weighted by Crippen LogP contribution is -2.24. The molecular formula is C35H38N4O3. The molecule has 7 nitrogen and oxygen atoms in total. The van der Waals surface area contributed by atoms with Crippen molar-refractivity contribution < 1.29 is 14.6 Å². The van der Waals surface area contributed by atoms with E-state index in [0.29, 0.717) is 16.9 Å². The van der Waals surface area contributed by atoms with Gasteiger partial charge in [0, 0.05) is 39.9 Å². The predicted molar refractivity (Wildman–Crippen MR) is 168 cm³/mol. The molecule has 0 aromatic heterocycles. The number of hydrogen-bond donors (Lipinski definition) is 2. The van der Waals surface area contributed by atoms with Crippen molar-refractivity contribution in [2.24, 2.45) is 32.7 Å². The van der Waals surface area contributed by atoms with Gasteiger partial charge in [-0.1, -0.05) is 39.8 Å². The Morgan fingerprint density at radius 2 is 1.76 bits per heavy atom. The van der Waals surface area contributed by atoms with E-state index in [1.807, 2.05) is 19.1 Å². The van der Waals surface area contributed by atoms with E-state index < -0.39 is 11.9 Å². The normalized spacial score (nSPS) is 26.4.